The van der Waals surface area contributed by atoms with Crippen LogP contribution in [0.2, 0.25) is 0 Å². The number of ether oxygens (including phenoxy) is 1. The van der Waals surface area contributed by atoms with E-state index in [1.807, 2.05) is 6.07 Å². The highest BCUT2D eigenvalue weighted by Crippen LogP contribution is 2.29. The topological polar surface area (TPSA) is 14.2 Å². The third-order valence-electron chi connectivity index (χ3n) is 2.85. The molecule has 2 aromatic rings. The molecule has 0 atom stereocenters. The summed E-state index contributed by atoms with van der Waals surface area (Å²) in [4.78, 5) is 0. The molecule has 0 saturated carbocycles. The molecule has 0 aliphatic heterocycles. The third kappa shape index (κ3) is 1.60. The summed E-state index contributed by atoms with van der Waals surface area (Å²) in [6.07, 6.45) is 2.20. The predicted molar refractivity (Wildman–Crippen MR) is 63.6 cm³/mol. The van der Waals surface area contributed by atoms with Gasteiger partial charge in [-0.05, 0) is 29.7 Å². The van der Waals surface area contributed by atoms with E-state index in [4.69, 9.17) is 4.74 Å². The van der Waals surface area contributed by atoms with Crippen molar-refractivity contribution >= 4 is 10.9 Å². The van der Waals surface area contributed by atoms with E-state index >= 15 is 0 Å². The molecule has 1 aromatic carbocycles. The molecule has 2 heteroatoms. The Labute approximate surface area is 90.5 Å². The molecular weight excluding hydrogens is 186 g/mol. The van der Waals surface area contributed by atoms with Crippen molar-refractivity contribution < 1.29 is 4.74 Å². The molecule has 0 bridgehead atoms. The molecule has 0 N–H and O–H groups in total. The van der Waals surface area contributed by atoms with Crippen LogP contribution in [0.25, 0.3) is 10.9 Å². The van der Waals surface area contributed by atoms with Gasteiger partial charge in [-0.1, -0.05) is 13.8 Å². The number of rotatable bonds is 2. The largest absolute Gasteiger partial charge is 0.497 e. The Morgan fingerprint density at radius 1 is 1.27 bits per heavy atom. The molecule has 0 aliphatic rings. The zero-order chi connectivity index (χ0) is 11.0. The van der Waals surface area contributed by atoms with E-state index in [1.165, 1.54) is 16.5 Å². The fourth-order valence-corrected chi connectivity index (χ4v) is 1.99. The van der Waals surface area contributed by atoms with E-state index in [9.17, 15) is 0 Å². The Bertz CT molecular complexity index is 482. The summed E-state index contributed by atoms with van der Waals surface area (Å²) < 4.78 is 7.43. The van der Waals surface area contributed by atoms with E-state index in [0.29, 0.717) is 5.92 Å². The van der Waals surface area contributed by atoms with Crippen molar-refractivity contribution in [1.29, 1.82) is 0 Å². The van der Waals surface area contributed by atoms with Gasteiger partial charge in [0.25, 0.3) is 0 Å². The molecule has 0 spiro atoms. The maximum Gasteiger partial charge on any atom is 0.119 e. The van der Waals surface area contributed by atoms with Crippen molar-refractivity contribution in [3.05, 3.63) is 30.0 Å². The third-order valence-corrected chi connectivity index (χ3v) is 2.85. The van der Waals surface area contributed by atoms with Gasteiger partial charge in [0.1, 0.15) is 5.75 Å². The van der Waals surface area contributed by atoms with Gasteiger partial charge < -0.3 is 9.30 Å². The Kier molecular flexibility index (Phi) is 2.43. The van der Waals surface area contributed by atoms with Crippen LogP contribution in [0.4, 0.5) is 0 Å². The van der Waals surface area contributed by atoms with Gasteiger partial charge in [0.2, 0.25) is 0 Å². The number of hydrogen-bond acceptors (Lipinski definition) is 1. The van der Waals surface area contributed by atoms with Crippen LogP contribution in [0.15, 0.2) is 24.4 Å². The average Bonchev–Trinajstić information content (AvgIpc) is 2.56. The highest BCUT2D eigenvalue weighted by Gasteiger charge is 2.10. The first-order valence-electron chi connectivity index (χ1n) is 5.26. The van der Waals surface area contributed by atoms with Gasteiger partial charge in [0.05, 0.1) is 7.11 Å². The summed E-state index contributed by atoms with van der Waals surface area (Å²) >= 11 is 0. The average molecular weight is 203 g/mol. The van der Waals surface area contributed by atoms with E-state index in [1.54, 1.807) is 7.11 Å². The minimum atomic E-state index is 0.542. The number of hydrogen-bond donors (Lipinski definition) is 0. The van der Waals surface area contributed by atoms with Crippen LogP contribution in [0.5, 0.6) is 5.75 Å². The Hall–Kier alpha value is -1.44. The van der Waals surface area contributed by atoms with Crippen molar-refractivity contribution in [2.45, 2.75) is 19.8 Å². The van der Waals surface area contributed by atoms with Crippen molar-refractivity contribution in [3.63, 3.8) is 0 Å². The second kappa shape index (κ2) is 3.61. The molecule has 2 rings (SSSR count). The van der Waals surface area contributed by atoms with Gasteiger partial charge in [-0.3, -0.25) is 0 Å². The van der Waals surface area contributed by atoms with Crippen LogP contribution in [0.3, 0.4) is 0 Å². The highest BCUT2D eigenvalue weighted by atomic mass is 16.5. The van der Waals surface area contributed by atoms with Crippen LogP contribution in [0, 0.1) is 0 Å². The van der Waals surface area contributed by atoms with Crippen molar-refractivity contribution in [3.8, 4) is 5.75 Å². The predicted octanol–water partition coefficient (Wildman–Crippen LogP) is 3.31. The number of aromatic nitrogens is 1. The van der Waals surface area contributed by atoms with Crippen LogP contribution in [0.1, 0.15) is 25.3 Å². The molecule has 80 valence electrons. The normalized spacial score (nSPS) is 11.3. The second-order valence-corrected chi connectivity index (χ2v) is 4.23. The van der Waals surface area contributed by atoms with Gasteiger partial charge >= 0.3 is 0 Å². The van der Waals surface area contributed by atoms with Gasteiger partial charge in [0.15, 0.2) is 0 Å². The summed E-state index contributed by atoms with van der Waals surface area (Å²) in [7, 11) is 3.79. The Balaban J connectivity index is 2.71. The van der Waals surface area contributed by atoms with Crippen LogP contribution in [-0.4, -0.2) is 11.7 Å². The molecule has 0 unspecified atom stereocenters. The molecule has 0 amide bonds. The van der Waals surface area contributed by atoms with Crippen molar-refractivity contribution in [2.24, 2.45) is 7.05 Å². The maximum absolute atomic E-state index is 5.26. The van der Waals surface area contributed by atoms with Gasteiger partial charge in [-0.2, -0.15) is 0 Å². The van der Waals surface area contributed by atoms with E-state index in [-0.39, 0.29) is 0 Å². The van der Waals surface area contributed by atoms with Crippen LogP contribution < -0.4 is 4.74 Å². The lowest BCUT2D eigenvalue weighted by Gasteiger charge is -2.04. The minimum Gasteiger partial charge on any atom is -0.497 e. The SMILES string of the molecule is COc1ccc2c(c1)c(C(C)C)cn2C. The zero-order valence-electron chi connectivity index (χ0n) is 9.74. The summed E-state index contributed by atoms with van der Waals surface area (Å²) in [6, 6.07) is 6.23. The van der Waals surface area contributed by atoms with E-state index in [0.717, 1.165) is 5.75 Å². The van der Waals surface area contributed by atoms with Gasteiger partial charge in [-0.25, -0.2) is 0 Å². The number of methoxy groups -OCH3 is 1. The van der Waals surface area contributed by atoms with Crippen molar-refractivity contribution in [1.82, 2.24) is 4.57 Å². The maximum atomic E-state index is 5.26. The molecule has 2 nitrogen and oxygen atoms in total. The first-order chi connectivity index (χ1) is 7.13. The number of nitrogens with zero attached hydrogens (tertiary/aromatic N) is 1. The number of fused-ring (bicyclic) bond motifs is 1. The minimum absolute atomic E-state index is 0.542. The quantitative estimate of drug-likeness (QED) is 0.730. The number of benzene rings is 1. The monoisotopic (exact) mass is 203 g/mol. The van der Waals surface area contributed by atoms with Crippen LogP contribution >= 0.6 is 0 Å². The Morgan fingerprint density at radius 2 is 2.00 bits per heavy atom. The first-order valence-corrected chi connectivity index (χ1v) is 5.26. The van der Waals surface area contributed by atoms with E-state index in [2.05, 4.69) is 43.8 Å². The van der Waals surface area contributed by atoms with E-state index < -0.39 is 0 Å². The Morgan fingerprint density at radius 3 is 2.60 bits per heavy atom. The summed E-state index contributed by atoms with van der Waals surface area (Å²) in [5.74, 6) is 1.47. The molecule has 0 saturated heterocycles. The fourth-order valence-electron chi connectivity index (χ4n) is 1.99. The summed E-state index contributed by atoms with van der Waals surface area (Å²) in [5, 5.41) is 1.30. The fraction of sp³-hybridized carbons (Fsp3) is 0.385. The molecular formula is C13H17NO. The smallest absolute Gasteiger partial charge is 0.119 e. The second-order valence-electron chi connectivity index (χ2n) is 4.23. The molecule has 0 radical (unpaired) electrons. The highest BCUT2D eigenvalue weighted by molar-refractivity contribution is 5.85. The molecule has 1 aromatic heterocycles. The number of aryl methyl sites for hydroxylation is 1. The molecule has 0 aliphatic carbocycles. The van der Waals surface area contributed by atoms with Gasteiger partial charge in [-0.15, -0.1) is 0 Å². The molecule has 1 heterocycles. The zero-order valence-corrected chi connectivity index (χ0v) is 9.74. The van der Waals surface area contributed by atoms with Gasteiger partial charge in [0, 0.05) is 24.1 Å². The first kappa shape index (κ1) is 10.1. The summed E-state index contributed by atoms with van der Waals surface area (Å²) in [6.45, 7) is 4.43. The molecule has 15 heavy (non-hydrogen) atoms. The van der Waals surface area contributed by atoms with Crippen LogP contribution in [-0.2, 0) is 7.05 Å². The van der Waals surface area contributed by atoms with Crippen molar-refractivity contribution in [2.75, 3.05) is 7.11 Å². The lowest BCUT2D eigenvalue weighted by atomic mass is 10.0. The standard InChI is InChI=1S/C13H17NO/c1-9(2)12-8-14(3)13-6-5-10(15-4)7-11(12)13/h5-9H,1-4H3. The lowest BCUT2D eigenvalue weighted by molar-refractivity contribution is 0.415. The lowest BCUT2D eigenvalue weighted by Crippen LogP contribution is -1.85. The molecule has 0 fully saturated rings. The summed E-state index contributed by atoms with van der Waals surface area (Å²) in [5.41, 5.74) is 2.64.